The average molecular weight is 299 g/mol. The van der Waals surface area contributed by atoms with Crippen LogP contribution in [-0.4, -0.2) is 32.6 Å². The van der Waals surface area contributed by atoms with E-state index in [9.17, 15) is 4.79 Å². The monoisotopic (exact) mass is 299 g/mol. The van der Waals surface area contributed by atoms with Gasteiger partial charge < -0.3 is 9.84 Å². The molecule has 0 fully saturated rings. The van der Waals surface area contributed by atoms with Crippen LogP contribution in [-0.2, 0) is 6.54 Å². The second-order valence-corrected chi connectivity index (χ2v) is 5.33. The standard InChI is InChI=1S/C15H17N5O2/c1-10(2)14-9-12(18-22-14)15(21)16-7-8-20-13-6-4-3-5-11(13)17-19-20/h3-6,9-10H,7-8H2,1-2H3,(H,16,21). The minimum absolute atomic E-state index is 0.204. The first-order valence-corrected chi connectivity index (χ1v) is 7.18. The SMILES string of the molecule is CC(C)c1cc(C(=O)NCCn2nnc3ccccc32)no1. The molecule has 114 valence electrons. The van der Waals surface area contributed by atoms with Crippen LogP contribution in [0.15, 0.2) is 34.9 Å². The fourth-order valence-corrected chi connectivity index (χ4v) is 2.12. The molecule has 0 saturated carbocycles. The molecule has 0 radical (unpaired) electrons. The van der Waals surface area contributed by atoms with Gasteiger partial charge >= 0.3 is 0 Å². The van der Waals surface area contributed by atoms with Crippen LogP contribution >= 0.6 is 0 Å². The number of carbonyl (C=O) groups excluding carboxylic acids is 1. The van der Waals surface area contributed by atoms with Crippen molar-refractivity contribution in [2.24, 2.45) is 0 Å². The van der Waals surface area contributed by atoms with E-state index in [0.717, 1.165) is 11.0 Å². The number of nitrogens with one attached hydrogen (secondary N) is 1. The van der Waals surface area contributed by atoms with Gasteiger partial charge in [0.05, 0.1) is 12.1 Å². The number of hydrogen-bond donors (Lipinski definition) is 1. The summed E-state index contributed by atoms with van der Waals surface area (Å²) in [5.41, 5.74) is 2.08. The van der Waals surface area contributed by atoms with E-state index >= 15 is 0 Å². The Morgan fingerprint density at radius 3 is 2.95 bits per heavy atom. The van der Waals surface area contributed by atoms with Gasteiger partial charge in [-0.3, -0.25) is 4.79 Å². The normalized spacial score (nSPS) is 11.2. The van der Waals surface area contributed by atoms with Gasteiger partial charge in [0.25, 0.3) is 5.91 Å². The number of para-hydroxylation sites is 1. The predicted molar refractivity (Wildman–Crippen MR) is 80.5 cm³/mol. The molecule has 1 aromatic carbocycles. The summed E-state index contributed by atoms with van der Waals surface area (Å²) in [6, 6.07) is 9.37. The highest BCUT2D eigenvalue weighted by molar-refractivity contribution is 5.92. The van der Waals surface area contributed by atoms with E-state index in [0.29, 0.717) is 24.5 Å². The summed E-state index contributed by atoms with van der Waals surface area (Å²) in [5, 5.41) is 14.7. The summed E-state index contributed by atoms with van der Waals surface area (Å²) < 4.78 is 6.88. The second kappa shape index (κ2) is 5.97. The minimum atomic E-state index is -0.250. The molecule has 22 heavy (non-hydrogen) atoms. The molecule has 7 nitrogen and oxygen atoms in total. The minimum Gasteiger partial charge on any atom is -0.360 e. The van der Waals surface area contributed by atoms with Gasteiger partial charge in [-0.2, -0.15) is 0 Å². The average Bonchev–Trinajstić information content (AvgIpc) is 3.14. The topological polar surface area (TPSA) is 85.8 Å². The molecule has 0 unspecified atom stereocenters. The Morgan fingerprint density at radius 1 is 1.36 bits per heavy atom. The highest BCUT2D eigenvalue weighted by Gasteiger charge is 2.14. The summed E-state index contributed by atoms with van der Waals surface area (Å²) in [6.07, 6.45) is 0. The zero-order chi connectivity index (χ0) is 15.5. The molecule has 1 amide bonds. The molecule has 0 aliphatic carbocycles. The van der Waals surface area contributed by atoms with Crippen LogP contribution < -0.4 is 5.32 Å². The van der Waals surface area contributed by atoms with Gasteiger partial charge in [0, 0.05) is 18.5 Å². The first kappa shape index (κ1) is 14.2. The maximum atomic E-state index is 12.0. The first-order chi connectivity index (χ1) is 10.6. The van der Waals surface area contributed by atoms with Crippen LogP contribution in [0.4, 0.5) is 0 Å². The molecule has 1 N–H and O–H groups in total. The number of fused-ring (bicyclic) bond motifs is 1. The molecular weight excluding hydrogens is 282 g/mol. The van der Waals surface area contributed by atoms with Gasteiger partial charge in [0.15, 0.2) is 5.69 Å². The van der Waals surface area contributed by atoms with Crippen molar-refractivity contribution in [2.75, 3.05) is 6.54 Å². The quantitative estimate of drug-likeness (QED) is 0.778. The Hall–Kier alpha value is -2.70. The summed E-state index contributed by atoms with van der Waals surface area (Å²) in [6.45, 7) is 4.95. The van der Waals surface area contributed by atoms with Crippen molar-refractivity contribution in [2.45, 2.75) is 26.3 Å². The highest BCUT2D eigenvalue weighted by Crippen LogP contribution is 2.14. The largest absolute Gasteiger partial charge is 0.360 e. The Balaban J connectivity index is 1.59. The van der Waals surface area contributed by atoms with E-state index in [1.807, 2.05) is 38.1 Å². The number of hydrogen-bond acceptors (Lipinski definition) is 5. The Kier molecular flexibility index (Phi) is 3.86. The van der Waals surface area contributed by atoms with E-state index in [-0.39, 0.29) is 11.8 Å². The number of aromatic nitrogens is 4. The third-order valence-corrected chi connectivity index (χ3v) is 3.36. The second-order valence-electron chi connectivity index (χ2n) is 5.33. The van der Waals surface area contributed by atoms with Gasteiger partial charge in [0.2, 0.25) is 0 Å². The van der Waals surface area contributed by atoms with Crippen molar-refractivity contribution in [3.8, 4) is 0 Å². The van der Waals surface area contributed by atoms with E-state index in [1.165, 1.54) is 0 Å². The summed E-state index contributed by atoms with van der Waals surface area (Å²) in [4.78, 5) is 12.0. The molecule has 0 bridgehead atoms. The Bertz CT molecular complexity index is 790. The smallest absolute Gasteiger partial charge is 0.273 e. The summed E-state index contributed by atoms with van der Waals surface area (Å²) in [7, 11) is 0. The van der Waals surface area contributed by atoms with Gasteiger partial charge in [-0.25, -0.2) is 4.68 Å². The molecule has 0 atom stereocenters. The van der Waals surface area contributed by atoms with E-state index in [4.69, 9.17) is 4.52 Å². The van der Waals surface area contributed by atoms with Gasteiger partial charge in [-0.1, -0.05) is 36.4 Å². The summed E-state index contributed by atoms with van der Waals surface area (Å²) in [5.74, 6) is 0.656. The zero-order valence-corrected chi connectivity index (χ0v) is 12.5. The zero-order valence-electron chi connectivity index (χ0n) is 12.5. The molecule has 3 rings (SSSR count). The first-order valence-electron chi connectivity index (χ1n) is 7.18. The molecular formula is C15H17N5O2. The van der Waals surface area contributed by atoms with Crippen LogP contribution in [0.1, 0.15) is 36.0 Å². The lowest BCUT2D eigenvalue weighted by atomic mass is 10.1. The van der Waals surface area contributed by atoms with E-state index in [1.54, 1.807) is 10.7 Å². The fraction of sp³-hybridized carbons (Fsp3) is 0.333. The molecule has 7 heteroatoms. The lowest BCUT2D eigenvalue weighted by Crippen LogP contribution is -2.27. The lowest BCUT2D eigenvalue weighted by Gasteiger charge is -2.03. The summed E-state index contributed by atoms with van der Waals surface area (Å²) >= 11 is 0. The van der Waals surface area contributed by atoms with Crippen molar-refractivity contribution in [3.63, 3.8) is 0 Å². The van der Waals surface area contributed by atoms with E-state index < -0.39 is 0 Å². The molecule has 2 heterocycles. The van der Waals surface area contributed by atoms with Crippen LogP contribution in [0, 0.1) is 0 Å². The number of amides is 1. The molecule has 0 saturated heterocycles. The Labute approximate surface area is 127 Å². The van der Waals surface area contributed by atoms with Gasteiger partial charge in [-0.05, 0) is 12.1 Å². The van der Waals surface area contributed by atoms with Crippen molar-refractivity contribution in [1.82, 2.24) is 25.5 Å². The lowest BCUT2D eigenvalue weighted by molar-refractivity contribution is 0.0943. The van der Waals surface area contributed by atoms with E-state index in [2.05, 4.69) is 20.8 Å². The molecule has 2 aromatic heterocycles. The van der Waals surface area contributed by atoms with Crippen LogP contribution in [0.3, 0.4) is 0 Å². The number of benzene rings is 1. The van der Waals surface area contributed by atoms with Crippen LogP contribution in [0.5, 0.6) is 0 Å². The Morgan fingerprint density at radius 2 is 2.18 bits per heavy atom. The van der Waals surface area contributed by atoms with Crippen molar-refractivity contribution in [3.05, 3.63) is 41.8 Å². The van der Waals surface area contributed by atoms with Gasteiger partial charge in [-0.15, -0.1) is 5.10 Å². The number of rotatable bonds is 5. The highest BCUT2D eigenvalue weighted by atomic mass is 16.5. The number of nitrogens with zero attached hydrogens (tertiary/aromatic N) is 4. The molecule has 0 spiro atoms. The third-order valence-electron chi connectivity index (χ3n) is 3.36. The van der Waals surface area contributed by atoms with Crippen molar-refractivity contribution in [1.29, 1.82) is 0 Å². The molecule has 3 aromatic rings. The molecule has 0 aliphatic heterocycles. The molecule has 0 aliphatic rings. The maximum absolute atomic E-state index is 12.0. The maximum Gasteiger partial charge on any atom is 0.273 e. The third kappa shape index (κ3) is 2.83. The van der Waals surface area contributed by atoms with Crippen molar-refractivity contribution < 1.29 is 9.32 Å². The number of carbonyl (C=O) groups is 1. The van der Waals surface area contributed by atoms with Crippen LogP contribution in [0.2, 0.25) is 0 Å². The van der Waals surface area contributed by atoms with Gasteiger partial charge in [0.1, 0.15) is 11.3 Å². The van der Waals surface area contributed by atoms with Crippen LogP contribution in [0.25, 0.3) is 11.0 Å². The van der Waals surface area contributed by atoms with Crippen molar-refractivity contribution >= 4 is 16.9 Å². The fourth-order valence-electron chi connectivity index (χ4n) is 2.12. The predicted octanol–water partition coefficient (Wildman–Crippen LogP) is 1.97.